The maximum Gasteiger partial charge on any atom is 0.338 e. The normalized spacial score (nSPS) is 15.0. The van der Waals surface area contributed by atoms with Gasteiger partial charge in [-0.25, -0.2) is 9.79 Å². The van der Waals surface area contributed by atoms with Gasteiger partial charge in [0, 0.05) is 23.8 Å². The van der Waals surface area contributed by atoms with Crippen molar-refractivity contribution < 1.29 is 18.9 Å². The molecule has 1 aliphatic heterocycles. The molecule has 222 valence electrons. The minimum atomic E-state index is -0.685. The van der Waals surface area contributed by atoms with Crippen molar-refractivity contribution in [2.24, 2.45) is 4.99 Å². The van der Waals surface area contributed by atoms with Crippen molar-refractivity contribution in [2.45, 2.75) is 59.4 Å². The summed E-state index contributed by atoms with van der Waals surface area (Å²) in [5.74, 6) is 0.842. The molecule has 0 fully saturated rings. The summed E-state index contributed by atoms with van der Waals surface area (Å²) in [6.07, 6.45) is 3.00. The van der Waals surface area contributed by atoms with Crippen LogP contribution in [0.5, 0.6) is 0 Å². The van der Waals surface area contributed by atoms with Gasteiger partial charge in [-0.3, -0.25) is 19.5 Å². The zero-order valence-electron chi connectivity index (χ0n) is 24.7. The maximum absolute atomic E-state index is 14.0. The number of nitro groups is 1. The monoisotopic (exact) mass is 599 g/mol. The number of rotatable bonds is 9. The van der Waals surface area contributed by atoms with Crippen molar-refractivity contribution in [1.29, 1.82) is 0 Å². The highest BCUT2D eigenvalue weighted by Gasteiger charge is 2.34. The van der Waals surface area contributed by atoms with Crippen LogP contribution in [0.2, 0.25) is 0 Å². The number of furan rings is 1. The second kappa shape index (κ2) is 12.3. The molecule has 0 saturated carbocycles. The van der Waals surface area contributed by atoms with E-state index in [9.17, 15) is 19.7 Å². The molecule has 0 unspecified atom stereocenters. The zero-order valence-corrected chi connectivity index (χ0v) is 25.6. The quantitative estimate of drug-likeness (QED) is 0.129. The lowest BCUT2D eigenvalue weighted by Crippen LogP contribution is -2.40. The molecule has 3 heterocycles. The number of hydrogen-bond acceptors (Lipinski definition) is 8. The van der Waals surface area contributed by atoms with E-state index in [0.29, 0.717) is 50.0 Å². The highest BCUT2D eigenvalue weighted by atomic mass is 32.1. The topological polar surface area (TPSA) is 117 Å². The zero-order chi connectivity index (χ0) is 30.8. The molecule has 0 bridgehead atoms. The van der Waals surface area contributed by atoms with Crippen molar-refractivity contribution >= 4 is 29.1 Å². The molecule has 1 aliphatic rings. The number of fused-ring (bicyclic) bond motifs is 1. The highest BCUT2D eigenvalue weighted by molar-refractivity contribution is 7.07. The van der Waals surface area contributed by atoms with E-state index in [4.69, 9.17) is 14.1 Å². The Labute approximate surface area is 252 Å². The molecule has 1 atom stereocenters. The summed E-state index contributed by atoms with van der Waals surface area (Å²) in [5, 5.41) is 11.1. The molecule has 43 heavy (non-hydrogen) atoms. The molecule has 10 heteroatoms. The van der Waals surface area contributed by atoms with E-state index in [1.807, 2.05) is 31.2 Å². The number of carbonyl (C=O) groups excluding carboxylic acids is 1. The molecule has 2 aromatic carbocycles. The number of non-ortho nitro benzene ring substituents is 1. The molecule has 9 nitrogen and oxygen atoms in total. The fraction of sp³-hybridized carbons (Fsp3) is 0.303. The number of nitro benzene ring substituents is 1. The van der Waals surface area contributed by atoms with Crippen molar-refractivity contribution in [1.82, 2.24) is 4.57 Å². The number of thiazole rings is 1. The molecule has 0 N–H and O–H groups in total. The Kier molecular flexibility index (Phi) is 8.59. The van der Waals surface area contributed by atoms with E-state index in [1.54, 1.807) is 42.7 Å². The van der Waals surface area contributed by atoms with Gasteiger partial charge >= 0.3 is 5.97 Å². The minimum absolute atomic E-state index is 0.00664. The Balaban J connectivity index is 1.64. The fourth-order valence-corrected chi connectivity index (χ4v) is 6.24. The molecule has 2 aromatic heterocycles. The van der Waals surface area contributed by atoms with Crippen LogP contribution in [0.4, 0.5) is 5.69 Å². The van der Waals surface area contributed by atoms with Gasteiger partial charge in [0.25, 0.3) is 11.2 Å². The van der Waals surface area contributed by atoms with Crippen LogP contribution >= 0.6 is 11.3 Å². The molecule has 0 amide bonds. The van der Waals surface area contributed by atoms with Crippen LogP contribution in [0.1, 0.15) is 74.9 Å². The fourth-order valence-electron chi connectivity index (χ4n) is 5.24. The van der Waals surface area contributed by atoms with Crippen molar-refractivity contribution in [3.8, 4) is 11.3 Å². The SMILES string of the molecule is CCCC1=C(C(=O)OCC)[C@@H](c2ccc(C(C)C)cc2)n2c(s/c(=C\c3ccc(-c4ccc([N+](=O)[O-])cc4C)o3)c2=O)=N1. The maximum atomic E-state index is 14.0. The standard InChI is InChI=1S/C33H33N3O6S/c1-6-8-26-29(32(38)41-7-2)30(22-11-9-21(10-12-22)19(3)4)35-31(37)28(43-33(35)34-26)18-24-14-16-27(42-24)25-15-13-23(36(39)40)17-20(25)5/h9-19,30H,6-8H2,1-5H3/b28-18-/t30-/m1/s1. The number of aryl methyl sites for hydroxylation is 1. The van der Waals surface area contributed by atoms with Crippen molar-refractivity contribution in [3.63, 3.8) is 0 Å². The largest absolute Gasteiger partial charge is 0.463 e. The number of carbonyl (C=O) groups is 1. The van der Waals surface area contributed by atoms with Crippen LogP contribution in [0.25, 0.3) is 17.4 Å². The predicted molar refractivity (Wildman–Crippen MR) is 166 cm³/mol. The van der Waals surface area contributed by atoms with Gasteiger partial charge in [-0.2, -0.15) is 0 Å². The molecule has 0 radical (unpaired) electrons. The third kappa shape index (κ3) is 5.87. The third-order valence-corrected chi connectivity index (χ3v) is 8.38. The summed E-state index contributed by atoms with van der Waals surface area (Å²) in [7, 11) is 0. The second-order valence-electron chi connectivity index (χ2n) is 10.7. The Morgan fingerprint density at radius 1 is 1.16 bits per heavy atom. The van der Waals surface area contributed by atoms with Crippen LogP contribution in [-0.2, 0) is 9.53 Å². The summed E-state index contributed by atoms with van der Waals surface area (Å²) >= 11 is 1.24. The van der Waals surface area contributed by atoms with Gasteiger partial charge in [0.1, 0.15) is 11.5 Å². The first-order valence-electron chi connectivity index (χ1n) is 14.3. The van der Waals surface area contributed by atoms with E-state index in [0.717, 1.165) is 23.1 Å². The van der Waals surface area contributed by atoms with E-state index >= 15 is 0 Å². The van der Waals surface area contributed by atoms with Crippen molar-refractivity contribution in [3.05, 3.63) is 118 Å². The Morgan fingerprint density at radius 3 is 2.53 bits per heavy atom. The van der Waals surface area contributed by atoms with E-state index in [1.165, 1.54) is 23.5 Å². The lowest BCUT2D eigenvalue weighted by atomic mass is 9.92. The first kappa shape index (κ1) is 29.9. The van der Waals surface area contributed by atoms with E-state index < -0.39 is 16.9 Å². The summed E-state index contributed by atoms with van der Waals surface area (Å²) in [6, 6.07) is 15.4. The summed E-state index contributed by atoms with van der Waals surface area (Å²) < 4.78 is 13.5. The van der Waals surface area contributed by atoms with Gasteiger partial charge in [0.2, 0.25) is 0 Å². The van der Waals surface area contributed by atoms with Crippen molar-refractivity contribution in [2.75, 3.05) is 6.61 Å². The predicted octanol–water partition coefficient (Wildman–Crippen LogP) is 6.18. The van der Waals surface area contributed by atoms with Crippen LogP contribution in [-0.4, -0.2) is 22.1 Å². The molecule has 5 rings (SSSR count). The van der Waals surface area contributed by atoms with Crippen LogP contribution < -0.4 is 14.9 Å². The van der Waals surface area contributed by atoms with Gasteiger partial charge in [0.15, 0.2) is 4.80 Å². The van der Waals surface area contributed by atoms with Gasteiger partial charge in [-0.1, -0.05) is 62.8 Å². The van der Waals surface area contributed by atoms with E-state index in [-0.39, 0.29) is 17.9 Å². The number of nitrogens with zero attached hydrogens (tertiary/aromatic N) is 3. The Morgan fingerprint density at radius 2 is 1.91 bits per heavy atom. The molecule has 0 spiro atoms. The van der Waals surface area contributed by atoms with Gasteiger partial charge in [0.05, 0.1) is 33.4 Å². The van der Waals surface area contributed by atoms with Crippen LogP contribution in [0.15, 0.2) is 80.1 Å². The summed E-state index contributed by atoms with van der Waals surface area (Å²) in [6.45, 7) is 10.0. The molecule has 0 aliphatic carbocycles. The number of benzene rings is 2. The molecule has 0 saturated heterocycles. The third-order valence-electron chi connectivity index (χ3n) is 7.40. The number of aromatic nitrogens is 1. The number of esters is 1. The lowest BCUT2D eigenvalue weighted by Gasteiger charge is -2.26. The Hall–Kier alpha value is -4.57. The Bertz CT molecular complexity index is 1910. The van der Waals surface area contributed by atoms with E-state index in [2.05, 4.69) is 13.8 Å². The van der Waals surface area contributed by atoms with Crippen LogP contribution in [0.3, 0.4) is 0 Å². The number of ether oxygens (including phenoxy) is 1. The second-order valence-corrected chi connectivity index (χ2v) is 11.7. The number of allylic oxidation sites excluding steroid dienone is 1. The summed E-state index contributed by atoms with van der Waals surface area (Å²) in [5.41, 5.74) is 4.11. The first-order chi connectivity index (χ1) is 20.6. The van der Waals surface area contributed by atoms with Gasteiger partial charge in [-0.15, -0.1) is 0 Å². The van der Waals surface area contributed by atoms with Gasteiger partial charge in [-0.05, 0) is 61.1 Å². The summed E-state index contributed by atoms with van der Waals surface area (Å²) in [4.78, 5) is 43.4. The number of hydrogen-bond donors (Lipinski definition) is 0. The molecule has 4 aromatic rings. The average molecular weight is 600 g/mol. The first-order valence-corrected chi connectivity index (χ1v) is 15.1. The highest BCUT2D eigenvalue weighted by Crippen LogP contribution is 2.33. The lowest BCUT2D eigenvalue weighted by molar-refractivity contribution is -0.384. The van der Waals surface area contributed by atoms with Crippen LogP contribution in [0, 0.1) is 17.0 Å². The minimum Gasteiger partial charge on any atom is -0.463 e. The molecular formula is C33H33N3O6S. The van der Waals surface area contributed by atoms with Gasteiger partial charge < -0.3 is 9.15 Å². The average Bonchev–Trinajstić information content (AvgIpc) is 3.56. The molecular weight excluding hydrogens is 566 g/mol. The smallest absolute Gasteiger partial charge is 0.338 e.